The van der Waals surface area contributed by atoms with Crippen LogP contribution in [0, 0.1) is 0 Å². The summed E-state index contributed by atoms with van der Waals surface area (Å²) in [5.41, 5.74) is -0.775. The number of sulfone groups is 1. The van der Waals surface area contributed by atoms with Gasteiger partial charge in [-0.15, -0.1) is 0 Å². The molecule has 0 atom stereocenters. The molecular weight excluding hydrogens is 267 g/mol. The summed E-state index contributed by atoms with van der Waals surface area (Å²) < 4.78 is 59.6. The number of halogens is 3. The summed E-state index contributed by atoms with van der Waals surface area (Å²) in [5, 5.41) is 2.61. The van der Waals surface area contributed by atoms with Crippen molar-refractivity contribution in [2.45, 2.75) is 12.6 Å². The molecule has 18 heavy (non-hydrogen) atoms. The third kappa shape index (κ3) is 4.95. The minimum Gasteiger partial charge on any atom is -0.385 e. The third-order valence-electron chi connectivity index (χ3n) is 2.24. The molecule has 0 heterocycles. The van der Waals surface area contributed by atoms with Crippen LogP contribution in [0.1, 0.15) is 12.0 Å². The van der Waals surface area contributed by atoms with Crippen molar-refractivity contribution in [1.29, 1.82) is 0 Å². The van der Waals surface area contributed by atoms with Gasteiger partial charge in [0.2, 0.25) is 0 Å². The summed E-state index contributed by atoms with van der Waals surface area (Å²) in [6.07, 6.45) is -3.05. The minimum absolute atomic E-state index is 0.0292. The first kappa shape index (κ1) is 14.8. The highest BCUT2D eigenvalue weighted by molar-refractivity contribution is 7.90. The Kier molecular flexibility index (Phi) is 4.61. The molecule has 3 nitrogen and oxygen atoms in total. The quantitative estimate of drug-likeness (QED) is 0.844. The smallest absolute Gasteiger partial charge is 0.385 e. The Morgan fingerprint density at radius 1 is 1.22 bits per heavy atom. The van der Waals surface area contributed by atoms with Gasteiger partial charge in [0.15, 0.2) is 0 Å². The first-order valence-corrected chi connectivity index (χ1v) is 7.34. The molecule has 0 unspecified atom stereocenters. The molecular formula is C11H14F3NO2S. The van der Waals surface area contributed by atoms with Crippen LogP contribution in [0.2, 0.25) is 0 Å². The number of anilines is 1. The molecule has 1 N–H and O–H groups in total. The lowest BCUT2D eigenvalue weighted by molar-refractivity contribution is -0.136. The summed E-state index contributed by atoms with van der Waals surface area (Å²) in [6, 6.07) is 5.11. The van der Waals surface area contributed by atoms with E-state index in [1.165, 1.54) is 18.2 Å². The van der Waals surface area contributed by atoms with Crippen molar-refractivity contribution in [3.63, 3.8) is 0 Å². The van der Waals surface area contributed by atoms with Crippen LogP contribution in [0.3, 0.4) is 0 Å². The van der Waals surface area contributed by atoms with Gasteiger partial charge in [0.05, 0.1) is 11.3 Å². The molecule has 1 rings (SSSR count). The van der Waals surface area contributed by atoms with E-state index < -0.39 is 21.6 Å². The second kappa shape index (κ2) is 5.60. The highest BCUT2D eigenvalue weighted by Gasteiger charge is 2.32. The minimum atomic E-state index is -4.42. The first-order chi connectivity index (χ1) is 8.20. The van der Waals surface area contributed by atoms with Gasteiger partial charge in [0, 0.05) is 18.5 Å². The molecule has 7 heteroatoms. The zero-order valence-corrected chi connectivity index (χ0v) is 10.6. The summed E-state index contributed by atoms with van der Waals surface area (Å²) in [7, 11) is -3.08. The lowest BCUT2D eigenvalue weighted by Crippen LogP contribution is -2.13. The van der Waals surface area contributed by atoms with Crippen LogP contribution in [0.5, 0.6) is 0 Å². The number of alkyl halides is 3. The van der Waals surface area contributed by atoms with Crippen molar-refractivity contribution >= 4 is 15.5 Å². The number of hydrogen-bond donors (Lipinski definition) is 1. The van der Waals surface area contributed by atoms with Gasteiger partial charge in [0.25, 0.3) is 0 Å². The van der Waals surface area contributed by atoms with Crippen molar-refractivity contribution in [3.8, 4) is 0 Å². The third-order valence-corrected chi connectivity index (χ3v) is 3.27. The summed E-state index contributed by atoms with van der Waals surface area (Å²) in [4.78, 5) is 0. The van der Waals surface area contributed by atoms with Crippen molar-refractivity contribution in [2.24, 2.45) is 0 Å². The molecule has 102 valence electrons. The number of nitrogens with one attached hydrogen (secondary N) is 1. The SMILES string of the molecule is CS(=O)(=O)CCCNc1ccccc1C(F)(F)F. The molecule has 0 fully saturated rings. The van der Waals surface area contributed by atoms with Crippen LogP contribution in [0.25, 0.3) is 0 Å². The van der Waals surface area contributed by atoms with E-state index in [2.05, 4.69) is 5.32 Å². The van der Waals surface area contributed by atoms with Crippen LogP contribution in [-0.4, -0.2) is 27.0 Å². The van der Waals surface area contributed by atoms with Gasteiger partial charge in [-0.2, -0.15) is 13.2 Å². The topological polar surface area (TPSA) is 46.2 Å². The first-order valence-electron chi connectivity index (χ1n) is 5.28. The van der Waals surface area contributed by atoms with Gasteiger partial charge >= 0.3 is 6.18 Å². The Morgan fingerprint density at radius 2 is 1.83 bits per heavy atom. The van der Waals surface area contributed by atoms with Gasteiger partial charge in [-0.25, -0.2) is 8.42 Å². The number of benzene rings is 1. The van der Waals surface area contributed by atoms with E-state index in [1.807, 2.05) is 0 Å². The Balaban J connectivity index is 2.63. The van der Waals surface area contributed by atoms with Gasteiger partial charge in [-0.1, -0.05) is 12.1 Å². The summed E-state index contributed by atoms with van der Waals surface area (Å²) in [6.45, 7) is 0.181. The summed E-state index contributed by atoms with van der Waals surface area (Å²) >= 11 is 0. The maximum atomic E-state index is 12.6. The normalized spacial score (nSPS) is 12.4. The maximum Gasteiger partial charge on any atom is 0.418 e. The monoisotopic (exact) mass is 281 g/mol. The highest BCUT2D eigenvalue weighted by Crippen LogP contribution is 2.34. The van der Waals surface area contributed by atoms with E-state index in [4.69, 9.17) is 0 Å². The van der Waals surface area contributed by atoms with Gasteiger partial charge in [-0.05, 0) is 18.6 Å². The van der Waals surface area contributed by atoms with Crippen LogP contribution in [0.15, 0.2) is 24.3 Å². The molecule has 0 amide bonds. The highest BCUT2D eigenvalue weighted by atomic mass is 32.2. The van der Waals surface area contributed by atoms with Gasteiger partial charge in [0.1, 0.15) is 9.84 Å². The lowest BCUT2D eigenvalue weighted by atomic mass is 10.1. The molecule has 1 aromatic carbocycles. The van der Waals surface area contributed by atoms with Crippen LogP contribution < -0.4 is 5.32 Å². The van der Waals surface area contributed by atoms with E-state index in [-0.39, 0.29) is 24.4 Å². The molecule has 0 spiro atoms. The molecule has 0 aliphatic carbocycles. The second-order valence-corrected chi connectivity index (χ2v) is 6.21. The van der Waals surface area contributed by atoms with Gasteiger partial charge in [-0.3, -0.25) is 0 Å². The molecule has 0 saturated heterocycles. The molecule has 0 saturated carbocycles. The Bertz CT molecular complexity index is 497. The predicted octanol–water partition coefficient (Wildman–Crippen LogP) is 2.55. The zero-order valence-electron chi connectivity index (χ0n) is 9.79. The Morgan fingerprint density at radius 3 is 2.39 bits per heavy atom. The van der Waals surface area contributed by atoms with E-state index in [0.29, 0.717) is 0 Å². The van der Waals surface area contributed by atoms with E-state index in [1.54, 1.807) is 0 Å². The number of hydrogen-bond acceptors (Lipinski definition) is 3. The predicted molar refractivity (Wildman–Crippen MR) is 64.3 cm³/mol. The molecule has 0 aromatic heterocycles. The molecule has 0 bridgehead atoms. The fraction of sp³-hybridized carbons (Fsp3) is 0.455. The number of para-hydroxylation sites is 1. The standard InChI is InChI=1S/C11H14F3NO2S/c1-18(16,17)8-4-7-15-10-6-3-2-5-9(10)11(12,13)14/h2-3,5-6,15H,4,7-8H2,1H3. The fourth-order valence-corrected chi connectivity index (χ4v) is 2.11. The molecule has 0 aliphatic rings. The molecule has 0 radical (unpaired) electrons. The van der Waals surface area contributed by atoms with E-state index in [9.17, 15) is 21.6 Å². The largest absolute Gasteiger partial charge is 0.418 e. The van der Waals surface area contributed by atoms with Crippen LogP contribution in [-0.2, 0) is 16.0 Å². The fourth-order valence-electron chi connectivity index (χ4n) is 1.44. The van der Waals surface area contributed by atoms with Crippen LogP contribution in [0.4, 0.5) is 18.9 Å². The van der Waals surface area contributed by atoms with Crippen molar-refractivity contribution < 1.29 is 21.6 Å². The van der Waals surface area contributed by atoms with Crippen molar-refractivity contribution in [3.05, 3.63) is 29.8 Å². The maximum absolute atomic E-state index is 12.6. The zero-order chi connectivity index (χ0) is 13.8. The van der Waals surface area contributed by atoms with E-state index >= 15 is 0 Å². The van der Waals surface area contributed by atoms with Crippen molar-refractivity contribution in [2.75, 3.05) is 23.9 Å². The number of rotatable bonds is 5. The molecule has 1 aromatic rings. The Hall–Kier alpha value is -1.24. The van der Waals surface area contributed by atoms with Crippen LogP contribution >= 0.6 is 0 Å². The van der Waals surface area contributed by atoms with Crippen molar-refractivity contribution in [1.82, 2.24) is 0 Å². The van der Waals surface area contributed by atoms with Gasteiger partial charge < -0.3 is 5.32 Å². The Labute approximate surface area is 104 Å². The lowest BCUT2D eigenvalue weighted by Gasteiger charge is -2.14. The summed E-state index contributed by atoms with van der Waals surface area (Å²) in [5.74, 6) is -0.0474. The molecule has 0 aliphatic heterocycles. The average Bonchev–Trinajstić information content (AvgIpc) is 2.22. The average molecular weight is 281 g/mol. The second-order valence-electron chi connectivity index (χ2n) is 3.95. The van der Waals surface area contributed by atoms with E-state index in [0.717, 1.165) is 12.3 Å².